The largest absolute Gasteiger partial charge is 0.396 e. The Bertz CT molecular complexity index is 195. The summed E-state index contributed by atoms with van der Waals surface area (Å²) in [6.07, 6.45) is 9.76. The lowest BCUT2D eigenvalue weighted by Crippen LogP contribution is -2.29. The van der Waals surface area contributed by atoms with Crippen molar-refractivity contribution in [2.45, 2.75) is 71.6 Å². The second-order valence-corrected chi connectivity index (χ2v) is 5.11. The van der Waals surface area contributed by atoms with Gasteiger partial charge in [-0.2, -0.15) is 0 Å². The maximum atomic E-state index is 11.6. The normalized spacial score (nSPS) is 12.4. The van der Waals surface area contributed by atoms with Crippen LogP contribution in [-0.4, -0.2) is 24.2 Å². The number of carbonyl (C=O) groups excluding carboxylic acids is 1. The summed E-state index contributed by atoms with van der Waals surface area (Å²) in [4.78, 5) is 11.6. The van der Waals surface area contributed by atoms with E-state index in [1.807, 2.05) is 0 Å². The second kappa shape index (κ2) is 12.9. The summed E-state index contributed by atoms with van der Waals surface area (Å²) < 4.78 is 0. The lowest BCUT2D eigenvalue weighted by atomic mass is 10.0. The van der Waals surface area contributed by atoms with Crippen molar-refractivity contribution in [1.29, 1.82) is 0 Å². The Balaban J connectivity index is 3.41. The predicted octanol–water partition coefficient (Wildman–Crippen LogP) is 3.26. The highest BCUT2D eigenvalue weighted by atomic mass is 16.3. The molecule has 0 aromatic heterocycles. The van der Waals surface area contributed by atoms with Gasteiger partial charge in [0, 0.05) is 19.6 Å². The molecule has 1 atom stereocenters. The van der Waals surface area contributed by atoms with E-state index in [0.29, 0.717) is 18.9 Å². The van der Waals surface area contributed by atoms with Crippen molar-refractivity contribution in [1.82, 2.24) is 5.32 Å². The first kappa shape index (κ1) is 17.4. The zero-order chi connectivity index (χ0) is 13.6. The van der Waals surface area contributed by atoms with Crippen LogP contribution in [-0.2, 0) is 4.79 Å². The number of carbonyl (C=O) groups is 1. The molecule has 3 heteroatoms. The zero-order valence-electron chi connectivity index (χ0n) is 12.2. The van der Waals surface area contributed by atoms with Gasteiger partial charge in [-0.3, -0.25) is 4.79 Å². The average Bonchev–Trinajstić information content (AvgIpc) is 2.38. The highest BCUT2D eigenvalue weighted by Gasteiger charge is 2.07. The molecular formula is C15H31NO2. The molecule has 0 saturated heterocycles. The second-order valence-electron chi connectivity index (χ2n) is 5.11. The topological polar surface area (TPSA) is 49.3 Å². The molecule has 0 spiro atoms. The van der Waals surface area contributed by atoms with Crippen LogP contribution in [0.25, 0.3) is 0 Å². The summed E-state index contributed by atoms with van der Waals surface area (Å²) in [5.74, 6) is 0.588. The number of amides is 1. The van der Waals surface area contributed by atoms with Gasteiger partial charge < -0.3 is 10.4 Å². The van der Waals surface area contributed by atoms with Crippen LogP contribution in [0, 0.1) is 5.92 Å². The van der Waals surface area contributed by atoms with E-state index >= 15 is 0 Å². The van der Waals surface area contributed by atoms with Gasteiger partial charge in [0.05, 0.1) is 0 Å². The molecule has 0 rings (SSSR count). The number of aliphatic hydroxyl groups is 1. The van der Waals surface area contributed by atoms with Gasteiger partial charge in [0.2, 0.25) is 5.91 Å². The summed E-state index contributed by atoms with van der Waals surface area (Å²) in [6.45, 7) is 5.24. The Hall–Kier alpha value is -0.570. The van der Waals surface area contributed by atoms with Gasteiger partial charge in [0.15, 0.2) is 0 Å². The molecule has 1 unspecified atom stereocenters. The standard InChI is InChI=1S/C15H31NO2/c1-3-5-6-7-8-9-10-15(18)16-13-14(4-2)11-12-17/h14,17H,3-13H2,1-2H3,(H,16,18). The van der Waals surface area contributed by atoms with Crippen molar-refractivity contribution in [2.24, 2.45) is 5.92 Å². The van der Waals surface area contributed by atoms with Crippen molar-refractivity contribution >= 4 is 5.91 Å². The van der Waals surface area contributed by atoms with Gasteiger partial charge in [0.25, 0.3) is 0 Å². The molecule has 0 bridgehead atoms. The molecule has 1 amide bonds. The van der Waals surface area contributed by atoms with Gasteiger partial charge in [-0.05, 0) is 18.8 Å². The van der Waals surface area contributed by atoms with Gasteiger partial charge in [0.1, 0.15) is 0 Å². The molecule has 0 aromatic carbocycles. The van der Waals surface area contributed by atoms with E-state index in [1.165, 1.54) is 32.1 Å². The monoisotopic (exact) mass is 257 g/mol. The number of nitrogens with one attached hydrogen (secondary N) is 1. The number of hydrogen-bond donors (Lipinski definition) is 2. The van der Waals surface area contributed by atoms with Crippen LogP contribution in [0.1, 0.15) is 71.6 Å². The fourth-order valence-corrected chi connectivity index (χ4v) is 2.05. The van der Waals surface area contributed by atoms with Crippen molar-refractivity contribution in [3.05, 3.63) is 0 Å². The summed E-state index contributed by atoms with van der Waals surface area (Å²) in [6, 6.07) is 0. The lowest BCUT2D eigenvalue weighted by molar-refractivity contribution is -0.121. The van der Waals surface area contributed by atoms with Crippen LogP contribution in [0.15, 0.2) is 0 Å². The quantitative estimate of drug-likeness (QED) is 0.527. The minimum absolute atomic E-state index is 0.168. The third-order valence-electron chi connectivity index (χ3n) is 3.46. The first-order chi connectivity index (χ1) is 8.74. The van der Waals surface area contributed by atoms with Gasteiger partial charge in [-0.25, -0.2) is 0 Å². The van der Waals surface area contributed by atoms with Crippen LogP contribution < -0.4 is 5.32 Å². The van der Waals surface area contributed by atoms with Crippen molar-refractivity contribution in [3.8, 4) is 0 Å². The molecule has 3 nitrogen and oxygen atoms in total. The van der Waals surface area contributed by atoms with Crippen LogP contribution in [0.4, 0.5) is 0 Å². The first-order valence-electron chi connectivity index (χ1n) is 7.62. The molecule has 18 heavy (non-hydrogen) atoms. The van der Waals surface area contributed by atoms with Crippen LogP contribution >= 0.6 is 0 Å². The highest BCUT2D eigenvalue weighted by Crippen LogP contribution is 2.08. The van der Waals surface area contributed by atoms with E-state index < -0.39 is 0 Å². The zero-order valence-corrected chi connectivity index (χ0v) is 12.2. The van der Waals surface area contributed by atoms with E-state index in [-0.39, 0.29) is 12.5 Å². The minimum Gasteiger partial charge on any atom is -0.396 e. The van der Waals surface area contributed by atoms with Gasteiger partial charge in [-0.1, -0.05) is 52.4 Å². The van der Waals surface area contributed by atoms with E-state index in [1.54, 1.807) is 0 Å². The number of hydrogen-bond acceptors (Lipinski definition) is 2. The maximum absolute atomic E-state index is 11.6. The van der Waals surface area contributed by atoms with Crippen LogP contribution in [0.2, 0.25) is 0 Å². The van der Waals surface area contributed by atoms with Gasteiger partial charge in [-0.15, -0.1) is 0 Å². The Labute approximate surface area is 112 Å². The Kier molecular flexibility index (Phi) is 12.5. The lowest BCUT2D eigenvalue weighted by Gasteiger charge is -2.14. The summed E-state index contributed by atoms with van der Waals surface area (Å²) in [5, 5.41) is 11.8. The molecule has 0 aliphatic carbocycles. The Morgan fingerprint density at radius 1 is 1.11 bits per heavy atom. The van der Waals surface area contributed by atoms with E-state index in [0.717, 1.165) is 19.3 Å². The van der Waals surface area contributed by atoms with Gasteiger partial charge >= 0.3 is 0 Å². The molecule has 0 heterocycles. The molecule has 0 radical (unpaired) electrons. The molecular weight excluding hydrogens is 226 g/mol. The van der Waals surface area contributed by atoms with Crippen molar-refractivity contribution < 1.29 is 9.90 Å². The van der Waals surface area contributed by atoms with E-state index in [2.05, 4.69) is 19.2 Å². The Morgan fingerprint density at radius 3 is 2.39 bits per heavy atom. The third-order valence-corrected chi connectivity index (χ3v) is 3.46. The smallest absolute Gasteiger partial charge is 0.220 e. The minimum atomic E-state index is 0.168. The predicted molar refractivity (Wildman–Crippen MR) is 76.5 cm³/mol. The summed E-state index contributed by atoms with van der Waals surface area (Å²) >= 11 is 0. The first-order valence-corrected chi connectivity index (χ1v) is 7.62. The fourth-order valence-electron chi connectivity index (χ4n) is 2.05. The number of aliphatic hydroxyl groups excluding tert-OH is 1. The van der Waals surface area contributed by atoms with Crippen molar-refractivity contribution in [2.75, 3.05) is 13.2 Å². The summed E-state index contributed by atoms with van der Waals surface area (Å²) in [5.41, 5.74) is 0. The molecule has 0 aliphatic heterocycles. The number of unbranched alkanes of at least 4 members (excludes halogenated alkanes) is 5. The fraction of sp³-hybridized carbons (Fsp3) is 0.933. The molecule has 2 N–H and O–H groups in total. The van der Waals surface area contributed by atoms with Crippen LogP contribution in [0.5, 0.6) is 0 Å². The molecule has 0 aliphatic rings. The Morgan fingerprint density at radius 2 is 1.78 bits per heavy atom. The van der Waals surface area contributed by atoms with Crippen molar-refractivity contribution in [3.63, 3.8) is 0 Å². The van der Waals surface area contributed by atoms with Crippen LogP contribution in [0.3, 0.4) is 0 Å². The highest BCUT2D eigenvalue weighted by molar-refractivity contribution is 5.75. The number of rotatable bonds is 12. The molecule has 108 valence electrons. The molecule has 0 saturated carbocycles. The molecule has 0 aromatic rings. The molecule has 0 fully saturated rings. The SMILES string of the molecule is CCCCCCCCC(=O)NCC(CC)CCO. The maximum Gasteiger partial charge on any atom is 0.220 e. The van der Waals surface area contributed by atoms with E-state index in [4.69, 9.17) is 5.11 Å². The average molecular weight is 257 g/mol. The summed E-state index contributed by atoms with van der Waals surface area (Å²) in [7, 11) is 0. The van der Waals surface area contributed by atoms with E-state index in [9.17, 15) is 4.79 Å². The third kappa shape index (κ3) is 10.6.